The van der Waals surface area contributed by atoms with Crippen molar-refractivity contribution >= 4 is 26.6 Å². The molecule has 1 aromatic rings. The van der Waals surface area contributed by atoms with E-state index in [1.165, 1.54) is 6.07 Å². The summed E-state index contributed by atoms with van der Waals surface area (Å²) in [5.41, 5.74) is -5.02. The van der Waals surface area contributed by atoms with Crippen molar-refractivity contribution in [3.8, 4) is 0 Å². The second kappa shape index (κ2) is 8.85. The molecule has 1 aromatic heterocycles. The van der Waals surface area contributed by atoms with Gasteiger partial charge in [-0.25, -0.2) is 0 Å². The molecule has 0 saturated carbocycles. The molecule has 0 bridgehead atoms. The topological polar surface area (TPSA) is 77.4 Å². The molecule has 3 aliphatic heterocycles. The molecule has 3 aliphatic rings. The van der Waals surface area contributed by atoms with Crippen LogP contribution in [-0.4, -0.2) is 65.5 Å². The number of alkyl halides is 3. The molecule has 2 unspecified atom stereocenters. The van der Waals surface area contributed by atoms with Gasteiger partial charge in [-0.15, -0.1) is 0 Å². The van der Waals surface area contributed by atoms with Crippen LogP contribution in [0.1, 0.15) is 75.7 Å². The SMILES string of the molecule is CC1(C)OB(B2OC(C)(C)C(C)(CC3(C)OB(c4ccc(=O)n(CC(F)(F)F)c4)OC3(C)C)O2)OC1(C)C. The van der Waals surface area contributed by atoms with Crippen molar-refractivity contribution in [3.05, 3.63) is 28.7 Å². The zero-order valence-electron chi connectivity index (χ0n) is 23.8. The van der Waals surface area contributed by atoms with Gasteiger partial charge in [-0.2, -0.15) is 13.2 Å². The Labute approximate surface area is 223 Å². The predicted molar refractivity (Wildman–Crippen MR) is 138 cm³/mol. The Morgan fingerprint density at radius 1 is 0.711 bits per heavy atom. The van der Waals surface area contributed by atoms with E-state index in [9.17, 15) is 18.0 Å². The van der Waals surface area contributed by atoms with Gasteiger partial charge in [0.25, 0.3) is 5.56 Å². The van der Waals surface area contributed by atoms with Gasteiger partial charge in [-0.05, 0) is 74.7 Å². The van der Waals surface area contributed by atoms with Crippen LogP contribution in [0.5, 0.6) is 0 Å². The molecule has 38 heavy (non-hydrogen) atoms. The zero-order chi connectivity index (χ0) is 28.7. The lowest BCUT2D eigenvalue weighted by Crippen LogP contribution is -2.55. The van der Waals surface area contributed by atoms with Crippen molar-refractivity contribution in [1.82, 2.24) is 4.57 Å². The molecule has 0 aliphatic carbocycles. The maximum absolute atomic E-state index is 13.0. The van der Waals surface area contributed by atoms with E-state index in [4.69, 9.17) is 27.9 Å². The summed E-state index contributed by atoms with van der Waals surface area (Å²) in [7, 11) is -2.50. The van der Waals surface area contributed by atoms with Gasteiger partial charge in [0.2, 0.25) is 0 Å². The molecule has 4 heterocycles. The van der Waals surface area contributed by atoms with E-state index in [1.807, 2.05) is 69.2 Å². The van der Waals surface area contributed by atoms with Gasteiger partial charge in [0, 0.05) is 18.7 Å². The van der Waals surface area contributed by atoms with Gasteiger partial charge >= 0.3 is 27.3 Å². The Morgan fingerprint density at radius 3 is 1.74 bits per heavy atom. The average Bonchev–Trinajstić information content (AvgIpc) is 3.18. The highest BCUT2D eigenvalue weighted by molar-refractivity contribution is 7.11. The molecule has 0 N–H and O–H groups in total. The first kappa shape index (κ1) is 29.7. The largest absolute Gasteiger partial charge is 0.496 e. The third-order valence-corrected chi connectivity index (χ3v) is 8.90. The van der Waals surface area contributed by atoms with Crippen molar-refractivity contribution in [2.24, 2.45) is 0 Å². The van der Waals surface area contributed by atoms with Gasteiger partial charge in [-0.3, -0.25) is 4.79 Å². The van der Waals surface area contributed by atoms with Crippen LogP contribution >= 0.6 is 0 Å². The Kier molecular flexibility index (Phi) is 6.91. The molecule has 3 saturated heterocycles. The summed E-state index contributed by atoms with van der Waals surface area (Å²) in [6, 6.07) is 2.51. The third kappa shape index (κ3) is 5.12. The van der Waals surface area contributed by atoms with Crippen LogP contribution < -0.4 is 11.0 Å². The van der Waals surface area contributed by atoms with E-state index in [0.29, 0.717) is 16.5 Å². The smallest absolute Gasteiger partial charge is 0.405 e. The summed E-state index contributed by atoms with van der Waals surface area (Å²) in [6.45, 7) is 17.8. The van der Waals surface area contributed by atoms with Crippen LogP contribution in [0.4, 0.5) is 13.2 Å². The van der Waals surface area contributed by atoms with E-state index < -0.39 is 73.0 Å². The molecule has 2 atom stereocenters. The molecule has 0 radical (unpaired) electrons. The number of rotatable bonds is 5. The molecule has 4 rings (SSSR count). The highest BCUT2D eigenvalue weighted by Gasteiger charge is 2.67. The molecule has 0 aromatic carbocycles. The van der Waals surface area contributed by atoms with E-state index in [2.05, 4.69) is 0 Å². The first-order valence-corrected chi connectivity index (χ1v) is 12.8. The van der Waals surface area contributed by atoms with E-state index in [0.717, 1.165) is 12.3 Å². The van der Waals surface area contributed by atoms with Crippen molar-refractivity contribution < 1.29 is 41.1 Å². The summed E-state index contributed by atoms with van der Waals surface area (Å²) >= 11 is 0. The minimum atomic E-state index is -4.54. The first-order chi connectivity index (χ1) is 17.0. The number of hydrogen-bond donors (Lipinski definition) is 0. The molecular formula is C24H37B3F3NO7. The second-order valence-corrected chi connectivity index (χ2v) is 13.0. The number of pyridine rings is 1. The fourth-order valence-corrected chi connectivity index (χ4v) is 5.04. The fraction of sp³-hybridized carbons (Fsp3) is 0.792. The predicted octanol–water partition coefficient (Wildman–Crippen LogP) is 3.32. The Hall–Kier alpha value is -1.31. The summed E-state index contributed by atoms with van der Waals surface area (Å²) in [5.74, 6) is 0. The van der Waals surface area contributed by atoms with Crippen LogP contribution in [0.15, 0.2) is 23.1 Å². The summed E-state index contributed by atoms with van der Waals surface area (Å²) in [4.78, 5) is 12.0. The van der Waals surface area contributed by atoms with Gasteiger partial charge in [0.05, 0.1) is 33.6 Å². The van der Waals surface area contributed by atoms with Crippen molar-refractivity contribution in [2.75, 3.05) is 0 Å². The minimum Gasteiger partial charge on any atom is -0.405 e. The van der Waals surface area contributed by atoms with Gasteiger partial charge in [0.1, 0.15) is 6.54 Å². The molecule has 210 valence electrons. The molecule has 3 fully saturated rings. The third-order valence-electron chi connectivity index (χ3n) is 8.90. The van der Waals surface area contributed by atoms with Crippen molar-refractivity contribution in [1.29, 1.82) is 0 Å². The van der Waals surface area contributed by atoms with Gasteiger partial charge in [-0.1, -0.05) is 6.07 Å². The maximum Gasteiger partial charge on any atom is 0.496 e. The maximum atomic E-state index is 13.0. The lowest BCUT2D eigenvalue weighted by Gasteiger charge is -2.46. The van der Waals surface area contributed by atoms with Gasteiger partial charge < -0.3 is 32.5 Å². The normalized spacial score (nSPS) is 31.9. The highest BCUT2D eigenvalue weighted by Crippen LogP contribution is 2.50. The number of aromatic nitrogens is 1. The number of halogens is 3. The summed E-state index contributed by atoms with van der Waals surface area (Å²) in [6.07, 6.45) is -3.08. The molecule has 8 nitrogen and oxygen atoms in total. The molecule has 14 heteroatoms. The number of hydrogen-bond acceptors (Lipinski definition) is 7. The fourth-order valence-electron chi connectivity index (χ4n) is 5.04. The second-order valence-electron chi connectivity index (χ2n) is 13.0. The standard InChI is InChI=1S/C24H37B3F3NO7/c1-18(2)19(3,4)35-26(34-18)27-36-21(7,8)23(10,38-27)14-22(9)20(5,6)33-25(37-22)16-11-12-17(32)31(13-16)15-24(28,29)30/h11-13H,14-15H2,1-10H3. The quantitative estimate of drug-likeness (QED) is 0.530. The first-order valence-electron chi connectivity index (χ1n) is 12.8. The Morgan fingerprint density at radius 2 is 1.18 bits per heavy atom. The van der Waals surface area contributed by atoms with E-state index >= 15 is 0 Å². The highest BCUT2D eigenvalue weighted by atomic mass is 19.4. The summed E-state index contributed by atoms with van der Waals surface area (Å²) < 4.78 is 77.3. The Balaban J connectivity index is 1.56. The zero-order valence-corrected chi connectivity index (χ0v) is 23.8. The lowest BCUT2D eigenvalue weighted by atomic mass is 9.49. The molecular weight excluding hydrogens is 504 g/mol. The number of nitrogens with zero attached hydrogens (tertiary/aromatic N) is 1. The van der Waals surface area contributed by atoms with Crippen molar-refractivity contribution in [2.45, 2.75) is 122 Å². The minimum absolute atomic E-state index is 0.314. The van der Waals surface area contributed by atoms with Crippen LogP contribution in [-0.2, 0) is 34.5 Å². The van der Waals surface area contributed by atoms with Crippen molar-refractivity contribution in [3.63, 3.8) is 0 Å². The monoisotopic (exact) mass is 541 g/mol. The van der Waals surface area contributed by atoms with E-state index in [1.54, 1.807) is 0 Å². The van der Waals surface area contributed by atoms with Crippen LogP contribution in [0.25, 0.3) is 0 Å². The van der Waals surface area contributed by atoms with Crippen LogP contribution in [0.3, 0.4) is 0 Å². The van der Waals surface area contributed by atoms with Crippen LogP contribution in [0.2, 0.25) is 0 Å². The lowest BCUT2D eigenvalue weighted by molar-refractivity contribution is -0.141. The Bertz CT molecular complexity index is 1130. The molecule has 0 spiro atoms. The average molecular weight is 541 g/mol. The summed E-state index contributed by atoms with van der Waals surface area (Å²) in [5, 5.41) is 0. The molecule has 0 amide bonds. The van der Waals surface area contributed by atoms with Crippen LogP contribution in [0, 0.1) is 0 Å². The van der Waals surface area contributed by atoms with Gasteiger partial charge in [0.15, 0.2) is 0 Å². The van der Waals surface area contributed by atoms with E-state index in [-0.39, 0.29) is 0 Å².